The summed E-state index contributed by atoms with van der Waals surface area (Å²) in [6.07, 6.45) is 0. The molecule has 0 saturated carbocycles. The zero-order valence-corrected chi connectivity index (χ0v) is 12.3. The van der Waals surface area contributed by atoms with Gasteiger partial charge in [0, 0.05) is 25.1 Å². The van der Waals surface area contributed by atoms with Gasteiger partial charge in [-0.3, -0.25) is 0 Å². The molecule has 1 N–H and O–H groups in total. The first-order valence-electron chi connectivity index (χ1n) is 4.62. The fourth-order valence-electron chi connectivity index (χ4n) is 1.51. The van der Waals surface area contributed by atoms with Crippen molar-refractivity contribution in [3.05, 3.63) is 50.1 Å². The smallest absolute Gasteiger partial charge is 0.133 e. The van der Waals surface area contributed by atoms with Crippen molar-refractivity contribution < 1.29 is 9.50 Å². The number of hydrogen-bond acceptors (Lipinski definition) is 1. The van der Waals surface area contributed by atoms with Crippen LogP contribution in [-0.4, -0.2) is 5.11 Å². The van der Waals surface area contributed by atoms with Crippen LogP contribution >= 0.6 is 43.5 Å². The number of phenolic OH excluding ortho intramolecular Hbond substituents is 1. The van der Waals surface area contributed by atoms with E-state index in [1.165, 1.54) is 18.2 Å². The summed E-state index contributed by atoms with van der Waals surface area (Å²) in [6.45, 7) is 0. The minimum atomic E-state index is -0.441. The minimum Gasteiger partial charge on any atom is -0.507 e. The number of phenols is 1. The van der Waals surface area contributed by atoms with Crippen LogP contribution in [0.1, 0.15) is 0 Å². The molecule has 88 valence electrons. The number of benzene rings is 2. The maximum atomic E-state index is 13.9. The zero-order chi connectivity index (χ0) is 12.6. The molecule has 0 amide bonds. The average molecular weight is 380 g/mol. The topological polar surface area (TPSA) is 20.2 Å². The lowest BCUT2D eigenvalue weighted by Gasteiger charge is -2.09. The number of aromatic hydroxyl groups is 1. The van der Waals surface area contributed by atoms with Crippen molar-refractivity contribution in [2.24, 2.45) is 0 Å². The molecular formula is C12H6Br2ClFO. The van der Waals surface area contributed by atoms with Gasteiger partial charge in [-0.15, -0.1) is 0 Å². The number of halogens is 4. The van der Waals surface area contributed by atoms with Crippen molar-refractivity contribution in [3.63, 3.8) is 0 Å². The standard InChI is InChI=1S/C12H6Br2ClFO/c13-6-3-9(14)12(10(16)4-6)8-5-7(15)1-2-11(8)17/h1-5,17H. The van der Waals surface area contributed by atoms with E-state index in [0.717, 1.165) is 0 Å². The lowest BCUT2D eigenvalue weighted by molar-refractivity contribution is 0.476. The molecule has 0 bridgehead atoms. The van der Waals surface area contributed by atoms with E-state index in [4.69, 9.17) is 11.6 Å². The highest BCUT2D eigenvalue weighted by Gasteiger charge is 2.14. The van der Waals surface area contributed by atoms with Crippen LogP contribution in [0.4, 0.5) is 4.39 Å². The van der Waals surface area contributed by atoms with E-state index in [2.05, 4.69) is 31.9 Å². The summed E-state index contributed by atoms with van der Waals surface area (Å²) >= 11 is 12.3. The molecule has 1 nitrogen and oxygen atoms in total. The van der Waals surface area contributed by atoms with E-state index >= 15 is 0 Å². The van der Waals surface area contributed by atoms with Gasteiger partial charge < -0.3 is 5.11 Å². The third-order valence-electron chi connectivity index (χ3n) is 2.23. The number of rotatable bonds is 1. The average Bonchev–Trinajstić information content (AvgIpc) is 2.21. The first kappa shape index (κ1) is 12.9. The molecule has 0 heterocycles. The minimum absolute atomic E-state index is 0.0173. The normalized spacial score (nSPS) is 10.6. The van der Waals surface area contributed by atoms with Gasteiger partial charge in [0.05, 0.1) is 0 Å². The highest BCUT2D eigenvalue weighted by atomic mass is 79.9. The largest absolute Gasteiger partial charge is 0.507 e. The first-order chi connectivity index (χ1) is 7.99. The van der Waals surface area contributed by atoms with Gasteiger partial charge in [-0.2, -0.15) is 0 Å². The summed E-state index contributed by atoms with van der Waals surface area (Å²) in [5.74, 6) is -0.458. The van der Waals surface area contributed by atoms with Gasteiger partial charge in [0.25, 0.3) is 0 Å². The van der Waals surface area contributed by atoms with Crippen molar-refractivity contribution in [2.75, 3.05) is 0 Å². The maximum absolute atomic E-state index is 13.9. The molecule has 0 atom stereocenters. The van der Waals surface area contributed by atoms with E-state index in [0.29, 0.717) is 19.5 Å². The molecule has 2 rings (SSSR count). The third-order valence-corrected chi connectivity index (χ3v) is 3.55. The van der Waals surface area contributed by atoms with Crippen molar-refractivity contribution in [1.29, 1.82) is 0 Å². The van der Waals surface area contributed by atoms with Crippen LogP contribution in [0.25, 0.3) is 11.1 Å². The summed E-state index contributed by atoms with van der Waals surface area (Å²) in [5.41, 5.74) is 0.641. The van der Waals surface area contributed by atoms with E-state index < -0.39 is 5.82 Å². The Balaban J connectivity index is 2.72. The molecule has 0 aromatic heterocycles. The quantitative estimate of drug-likeness (QED) is 0.705. The highest BCUT2D eigenvalue weighted by Crippen LogP contribution is 2.39. The van der Waals surface area contributed by atoms with Gasteiger partial charge in [-0.05, 0) is 30.3 Å². The van der Waals surface area contributed by atoms with Crippen LogP contribution in [-0.2, 0) is 0 Å². The van der Waals surface area contributed by atoms with E-state index in [1.54, 1.807) is 12.1 Å². The summed E-state index contributed by atoms with van der Waals surface area (Å²) in [5, 5.41) is 10.2. The molecule has 0 aliphatic heterocycles. The van der Waals surface area contributed by atoms with E-state index in [9.17, 15) is 9.50 Å². The van der Waals surface area contributed by atoms with Crippen LogP contribution in [0.15, 0.2) is 39.3 Å². The Morgan fingerprint density at radius 2 is 1.82 bits per heavy atom. The van der Waals surface area contributed by atoms with Crippen LogP contribution in [0.2, 0.25) is 5.02 Å². The van der Waals surface area contributed by atoms with Crippen molar-refractivity contribution in [3.8, 4) is 16.9 Å². The molecule has 0 aliphatic rings. The first-order valence-corrected chi connectivity index (χ1v) is 6.59. The van der Waals surface area contributed by atoms with Crippen LogP contribution in [0, 0.1) is 5.82 Å². The number of hydrogen-bond donors (Lipinski definition) is 1. The second-order valence-corrected chi connectivity index (χ2v) is 5.61. The second kappa shape index (κ2) is 4.96. The Bertz CT molecular complexity index is 564. The predicted molar refractivity (Wildman–Crippen MR) is 73.9 cm³/mol. The van der Waals surface area contributed by atoms with Crippen LogP contribution in [0.3, 0.4) is 0 Å². The van der Waals surface area contributed by atoms with Crippen molar-refractivity contribution in [1.82, 2.24) is 0 Å². The Morgan fingerprint density at radius 1 is 1.12 bits per heavy atom. The molecule has 5 heteroatoms. The molecular weight excluding hydrogens is 374 g/mol. The Kier molecular flexibility index (Phi) is 3.76. The van der Waals surface area contributed by atoms with E-state index in [1.807, 2.05) is 0 Å². The molecule has 0 aliphatic carbocycles. The monoisotopic (exact) mass is 378 g/mol. The Labute approximate surface area is 119 Å². The van der Waals surface area contributed by atoms with Crippen LogP contribution < -0.4 is 0 Å². The van der Waals surface area contributed by atoms with Gasteiger partial charge in [0.15, 0.2) is 0 Å². The summed E-state index contributed by atoms with van der Waals surface area (Å²) in [7, 11) is 0. The van der Waals surface area contributed by atoms with Gasteiger partial charge in [0.2, 0.25) is 0 Å². The molecule has 2 aromatic carbocycles. The summed E-state index contributed by atoms with van der Waals surface area (Å²) in [6, 6.07) is 7.55. The molecule has 17 heavy (non-hydrogen) atoms. The molecule has 0 radical (unpaired) electrons. The van der Waals surface area contributed by atoms with Gasteiger partial charge in [-0.1, -0.05) is 43.5 Å². The van der Waals surface area contributed by atoms with Crippen molar-refractivity contribution >= 4 is 43.5 Å². The molecule has 0 unspecified atom stereocenters. The zero-order valence-electron chi connectivity index (χ0n) is 8.35. The Morgan fingerprint density at radius 3 is 2.47 bits per heavy atom. The highest BCUT2D eigenvalue weighted by molar-refractivity contribution is 9.11. The molecule has 0 saturated heterocycles. The maximum Gasteiger partial charge on any atom is 0.133 e. The molecule has 0 spiro atoms. The fraction of sp³-hybridized carbons (Fsp3) is 0. The van der Waals surface area contributed by atoms with E-state index in [-0.39, 0.29) is 11.3 Å². The van der Waals surface area contributed by atoms with Gasteiger partial charge in [0.1, 0.15) is 11.6 Å². The second-order valence-electron chi connectivity index (χ2n) is 3.41. The van der Waals surface area contributed by atoms with Crippen molar-refractivity contribution in [2.45, 2.75) is 0 Å². The molecule has 0 fully saturated rings. The fourth-order valence-corrected chi connectivity index (χ4v) is 3.07. The summed E-state index contributed by atoms with van der Waals surface area (Å²) < 4.78 is 15.1. The van der Waals surface area contributed by atoms with Gasteiger partial charge >= 0.3 is 0 Å². The van der Waals surface area contributed by atoms with Crippen LogP contribution in [0.5, 0.6) is 5.75 Å². The third kappa shape index (κ3) is 2.64. The summed E-state index contributed by atoms with van der Waals surface area (Å²) in [4.78, 5) is 0. The molecule has 2 aromatic rings. The Hall–Kier alpha value is -0.580. The van der Waals surface area contributed by atoms with Gasteiger partial charge in [-0.25, -0.2) is 4.39 Å². The lowest BCUT2D eigenvalue weighted by atomic mass is 10.0. The SMILES string of the molecule is Oc1ccc(Cl)cc1-c1c(F)cc(Br)cc1Br. The lowest BCUT2D eigenvalue weighted by Crippen LogP contribution is -1.88. The predicted octanol–water partition coefficient (Wildman–Crippen LogP) is 5.38.